The Hall–Kier alpha value is -4.06. The van der Waals surface area contributed by atoms with E-state index in [0.29, 0.717) is 56.6 Å². The van der Waals surface area contributed by atoms with Crippen LogP contribution < -0.4 is 29.7 Å². The Morgan fingerprint density at radius 3 is 2.50 bits per heavy atom. The Balaban J connectivity index is 1.66. The number of benzene rings is 3. The summed E-state index contributed by atoms with van der Waals surface area (Å²) in [6.07, 6.45) is 3.11. The highest BCUT2D eigenvalue weighted by atomic mass is 127. The summed E-state index contributed by atoms with van der Waals surface area (Å²) < 4.78 is 23.0. The zero-order valence-corrected chi connectivity index (χ0v) is 23.2. The summed E-state index contributed by atoms with van der Waals surface area (Å²) in [7, 11) is 1.50. The van der Waals surface area contributed by atoms with Gasteiger partial charge in [0.05, 0.1) is 23.5 Å². The first kappa shape index (κ1) is 28.5. The number of hydrogen-bond acceptors (Lipinski definition) is 7. The zero-order valence-electron chi connectivity index (χ0n) is 21.0. The summed E-state index contributed by atoms with van der Waals surface area (Å²) in [5, 5.41) is 6.84. The van der Waals surface area contributed by atoms with E-state index >= 15 is 0 Å². The molecule has 0 unspecified atom stereocenters. The quantitative estimate of drug-likeness (QED) is 0.119. The zero-order chi connectivity index (χ0) is 27.3. The number of nitrogens with zero attached hydrogens (tertiary/aromatic N) is 1. The van der Waals surface area contributed by atoms with E-state index < -0.39 is 5.91 Å². The molecule has 3 rings (SSSR count). The highest BCUT2D eigenvalue weighted by Gasteiger charge is 2.15. The van der Waals surface area contributed by atoms with Gasteiger partial charge < -0.3 is 24.3 Å². The van der Waals surface area contributed by atoms with Gasteiger partial charge in [-0.25, -0.2) is 5.43 Å². The topological polar surface area (TPSA) is 107 Å². The molecule has 0 spiro atoms. The van der Waals surface area contributed by atoms with Crippen molar-refractivity contribution in [2.75, 3.05) is 32.2 Å². The second-order valence-electron chi connectivity index (χ2n) is 7.63. The molecule has 0 radical (unpaired) electrons. The molecule has 0 saturated heterocycles. The number of halogens is 1. The largest absolute Gasteiger partial charge is 0.493 e. The third-order valence-electron chi connectivity index (χ3n) is 4.90. The van der Waals surface area contributed by atoms with Gasteiger partial charge in [-0.3, -0.25) is 9.59 Å². The molecule has 0 aliphatic carbocycles. The van der Waals surface area contributed by atoms with Crippen LogP contribution in [0.4, 0.5) is 5.69 Å². The van der Waals surface area contributed by atoms with Crippen molar-refractivity contribution < 1.29 is 28.5 Å². The van der Waals surface area contributed by atoms with Crippen LogP contribution in [0.1, 0.15) is 22.8 Å². The molecule has 2 amide bonds. The molecule has 0 heterocycles. The van der Waals surface area contributed by atoms with Crippen molar-refractivity contribution in [3.05, 3.63) is 88.0 Å². The van der Waals surface area contributed by atoms with Gasteiger partial charge in [-0.2, -0.15) is 5.10 Å². The Kier molecular flexibility index (Phi) is 11.0. The van der Waals surface area contributed by atoms with Crippen LogP contribution in [0.25, 0.3) is 0 Å². The van der Waals surface area contributed by atoms with Crippen molar-refractivity contribution in [3.63, 3.8) is 0 Å². The maximum atomic E-state index is 12.6. The Bertz CT molecular complexity index is 1300. The monoisotopic (exact) mass is 629 g/mol. The highest BCUT2D eigenvalue weighted by Crippen LogP contribution is 2.34. The average Bonchev–Trinajstić information content (AvgIpc) is 2.92. The van der Waals surface area contributed by atoms with Gasteiger partial charge >= 0.3 is 0 Å². The van der Waals surface area contributed by atoms with Crippen molar-refractivity contribution in [2.24, 2.45) is 5.10 Å². The van der Waals surface area contributed by atoms with Crippen LogP contribution in [-0.2, 0) is 4.79 Å². The van der Waals surface area contributed by atoms with Crippen LogP contribution >= 0.6 is 22.6 Å². The van der Waals surface area contributed by atoms with Crippen molar-refractivity contribution in [1.29, 1.82) is 0 Å². The number of para-hydroxylation sites is 1. The first-order valence-corrected chi connectivity index (χ1v) is 12.7. The van der Waals surface area contributed by atoms with Crippen LogP contribution in [0.15, 0.2) is 78.4 Å². The lowest BCUT2D eigenvalue weighted by atomic mass is 10.2. The lowest BCUT2D eigenvalue weighted by molar-refractivity contribution is -0.118. The number of carbonyl (C=O) groups is 2. The van der Waals surface area contributed by atoms with E-state index in [2.05, 4.69) is 45.0 Å². The molecular weight excluding hydrogens is 601 g/mol. The Morgan fingerprint density at radius 1 is 1.00 bits per heavy atom. The maximum Gasteiger partial charge on any atom is 0.271 e. The molecule has 38 heavy (non-hydrogen) atoms. The van der Waals surface area contributed by atoms with Gasteiger partial charge in [-0.05, 0) is 77.5 Å². The first-order valence-electron chi connectivity index (χ1n) is 11.6. The minimum absolute atomic E-state index is 0.185. The Labute approximate surface area is 235 Å². The standard InChI is InChI=1S/C28H28IN3O6/c1-4-13-37-23-12-11-20(16-24(23)35-3)28(34)32-30-17-19-14-22(29)27(25(15-19)36-5-2)38-18-26(33)31-21-9-7-6-8-10-21/h4,6-12,14-17H,1,5,13,18H2,2-3H3,(H,31,33)(H,32,34)/b30-17+. The van der Waals surface area contributed by atoms with Crippen molar-refractivity contribution in [2.45, 2.75) is 6.92 Å². The summed E-state index contributed by atoms with van der Waals surface area (Å²) >= 11 is 2.10. The van der Waals surface area contributed by atoms with Gasteiger partial charge in [-0.15, -0.1) is 0 Å². The number of rotatable bonds is 13. The fourth-order valence-corrected chi connectivity index (χ4v) is 4.01. The van der Waals surface area contributed by atoms with Crippen molar-refractivity contribution in [3.8, 4) is 23.0 Å². The number of hydrazone groups is 1. The van der Waals surface area contributed by atoms with Crippen molar-refractivity contribution >= 4 is 46.3 Å². The maximum absolute atomic E-state index is 12.6. The minimum atomic E-state index is -0.418. The summed E-state index contributed by atoms with van der Waals surface area (Å²) in [6.45, 7) is 5.99. The van der Waals surface area contributed by atoms with E-state index in [1.165, 1.54) is 13.3 Å². The van der Waals surface area contributed by atoms with Crippen LogP contribution in [-0.4, -0.2) is 45.0 Å². The number of carbonyl (C=O) groups excluding carboxylic acids is 2. The first-order chi connectivity index (χ1) is 18.4. The minimum Gasteiger partial charge on any atom is -0.493 e. The third-order valence-corrected chi connectivity index (χ3v) is 5.70. The average molecular weight is 629 g/mol. The molecule has 198 valence electrons. The second kappa shape index (κ2) is 14.6. The summed E-state index contributed by atoms with van der Waals surface area (Å²) in [6, 6.07) is 17.5. The molecule has 0 saturated carbocycles. The molecule has 0 bridgehead atoms. The molecule has 9 nitrogen and oxygen atoms in total. The number of amides is 2. The summed E-state index contributed by atoms with van der Waals surface area (Å²) in [4.78, 5) is 24.9. The van der Waals surface area contributed by atoms with E-state index in [1.54, 1.807) is 48.5 Å². The molecular formula is C28H28IN3O6. The molecule has 3 aromatic carbocycles. The van der Waals surface area contributed by atoms with Crippen LogP contribution in [0.3, 0.4) is 0 Å². The predicted octanol–water partition coefficient (Wildman–Crippen LogP) is 5.04. The second-order valence-corrected chi connectivity index (χ2v) is 8.79. The SMILES string of the molecule is C=CCOc1ccc(C(=O)N/N=C/c2cc(I)c(OCC(=O)Nc3ccccc3)c(OCC)c2)cc1OC. The fraction of sp³-hybridized carbons (Fsp3) is 0.179. The van der Waals surface area contributed by atoms with E-state index in [4.69, 9.17) is 18.9 Å². The van der Waals surface area contributed by atoms with Gasteiger partial charge in [0.15, 0.2) is 29.6 Å². The molecule has 0 aliphatic rings. The van der Waals surface area contributed by atoms with Crippen molar-refractivity contribution in [1.82, 2.24) is 5.43 Å². The normalized spacial score (nSPS) is 10.5. The molecule has 0 fully saturated rings. The van der Waals surface area contributed by atoms with E-state index in [1.807, 2.05) is 25.1 Å². The molecule has 0 atom stereocenters. The van der Waals surface area contributed by atoms with Gasteiger partial charge in [0.1, 0.15) is 6.61 Å². The van der Waals surface area contributed by atoms with Gasteiger partial charge in [0, 0.05) is 11.3 Å². The molecule has 0 aliphatic heterocycles. The highest BCUT2D eigenvalue weighted by molar-refractivity contribution is 14.1. The number of anilines is 1. The number of nitrogens with one attached hydrogen (secondary N) is 2. The van der Waals surface area contributed by atoms with E-state index in [0.717, 1.165) is 0 Å². The molecule has 0 aromatic heterocycles. The third kappa shape index (κ3) is 8.23. The lowest BCUT2D eigenvalue weighted by Gasteiger charge is -2.14. The number of hydrogen-bond donors (Lipinski definition) is 2. The molecule has 2 N–H and O–H groups in total. The fourth-order valence-electron chi connectivity index (χ4n) is 3.23. The number of ether oxygens (including phenoxy) is 4. The van der Waals surface area contributed by atoms with Gasteiger partial charge in [0.25, 0.3) is 11.8 Å². The van der Waals surface area contributed by atoms with E-state index in [-0.39, 0.29) is 12.5 Å². The number of methoxy groups -OCH3 is 1. The summed E-state index contributed by atoms with van der Waals surface area (Å²) in [5.74, 6) is 1.12. The Morgan fingerprint density at radius 2 is 1.79 bits per heavy atom. The predicted molar refractivity (Wildman–Crippen MR) is 155 cm³/mol. The smallest absolute Gasteiger partial charge is 0.271 e. The van der Waals surface area contributed by atoms with Crippen LogP contribution in [0.5, 0.6) is 23.0 Å². The lowest BCUT2D eigenvalue weighted by Crippen LogP contribution is -2.20. The molecule has 3 aromatic rings. The van der Waals surface area contributed by atoms with Gasteiger partial charge in [0.2, 0.25) is 0 Å². The van der Waals surface area contributed by atoms with Gasteiger partial charge in [-0.1, -0.05) is 30.9 Å². The summed E-state index contributed by atoms with van der Waals surface area (Å²) in [5.41, 5.74) is 4.21. The van der Waals surface area contributed by atoms with Crippen LogP contribution in [0.2, 0.25) is 0 Å². The molecule has 10 heteroatoms. The van der Waals surface area contributed by atoms with Crippen LogP contribution in [0, 0.1) is 3.57 Å². The van der Waals surface area contributed by atoms with E-state index in [9.17, 15) is 9.59 Å².